The third-order valence-electron chi connectivity index (χ3n) is 3.70. The summed E-state index contributed by atoms with van der Waals surface area (Å²) in [6, 6.07) is 8.46. The first-order valence-corrected chi connectivity index (χ1v) is 8.47. The quantitative estimate of drug-likeness (QED) is 0.874. The minimum absolute atomic E-state index is 0.479. The van der Waals surface area contributed by atoms with Gasteiger partial charge in [0, 0.05) is 16.5 Å². The van der Waals surface area contributed by atoms with Crippen LogP contribution in [0, 0.1) is 0 Å². The van der Waals surface area contributed by atoms with Crippen LogP contribution in [0.4, 0.5) is 0 Å². The SMILES string of the molecule is CCCNC1CCCc2nc(-c3ccccc3Cl)sc21. The van der Waals surface area contributed by atoms with Crippen molar-refractivity contribution in [2.75, 3.05) is 6.54 Å². The number of hydrogen-bond acceptors (Lipinski definition) is 3. The maximum atomic E-state index is 6.29. The Morgan fingerprint density at radius 2 is 2.25 bits per heavy atom. The summed E-state index contributed by atoms with van der Waals surface area (Å²) in [7, 11) is 0. The molecular formula is C16H19ClN2S. The Labute approximate surface area is 129 Å². The highest BCUT2D eigenvalue weighted by atomic mass is 35.5. The van der Waals surface area contributed by atoms with E-state index in [1.54, 1.807) is 11.3 Å². The molecule has 2 nitrogen and oxygen atoms in total. The van der Waals surface area contributed by atoms with Crippen molar-refractivity contribution in [1.29, 1.82) is 0 Å². The van der Waals surface area contributed by atoms with E-state index in [1.165, 1.54) is 29.8 Å². The lowest BCUT2D eigenvalue weighted by molar-refractivity contribution is 0.465. The number of halogens is 1. The molecule has 0 fully saturated rings. The minimum atomic E-state index is 0.479. The molecule has 0 amide bonds. The zero-order valence-corrected chi connectivity index (χ0v) is 13.2. The monoisotopic (exact) mass is 306 g/mol. The van der Waals surface area contributed by atoms with Gasteiger partial charge in [-0.1, -0.05) is 36.7 Å². The van der Waals surface area contributed by atoms with E-state index >= 15 is 0 Å². The largest absolute Gasteiger partial charge is 0.309 e. The topological polar surface area (TPSA) is 24.9 Å². The van der Waals surface area contributed by atoms with Gasteiger partial charge in [-0.05, 0) is 38.3 Å². The molecule has 1 unspecified atom stereocenters. The highest BCUT2D eigenvalue weighted by Crippen LogP contribution is 2.39. The maximum Gasteiger partial charge on any atom is 0.125 e. The first-order valence-electron chi connectivity index (χ1n) is 7.27. The molecule has 0 spiro atoms. The molecule has 1 N–H and O–H groups in total. The Morgan fingerprint density at radius 1 is 1.40 bits per heavy atom. The lowest BCUT2D eigenvalue weighted by Crippen LogP contribution is -2.24. The van der Waals surface area contributed by atoms with Gasteiger partial charge in [-0.3, -0.25) is 0 Å². The molecule has 1 atom stereocenters. The third kappa shape index (κ3) is 2.76. The molecule has 0 saturated carbocycles. The summed E-state index contributed by atoms with van der Waals surface area (Å²) in [5.41, 5.74) is 2.33. The van der Waals surface area contributed by atoms with Crippen LogP contribution in [0.5, 0.6) is 0 Å². The molecule has 2 aromatic rings. The van der Waals surface area contributed by atoms with Crippen LogP contribution < -0.4 is 5.32 Å². The Morgan fingerprint density at radius 3 is 3.05 bits per heavy atom. The second kappa shape index (κ2) is 6.25. The van der Waals surface area contributed by atoms with E-state index in [4.69, 9.17) is 16.6 Å². The fourth-order valence-corrected chi connectivity index (χ4v) is 4.23. The van der Waals surface area contributed by atoms with Crippen LogP contribution in [-0.4, -0.2) is 11.5 Å². The Bertz CT molecular complexity index is 594. The van der Waals surface area contributed by atoms with Crippen LogP contribution in [0.15, 0.2) is 24.3 Å². The summed E-state index contributed by atoms with van der Waals surface area (Å²) in [5, 5.41) is 5.49. The van der Waals surface area contributed by atoms with Gasteiger partial charge in [0.1, 0.15) is 5.01 Å². The van der Waals surface area contributed by atoms with E-state index < -0.39 is 0 Å². The summed E-state index contributed by atoms with van der Waals surface area (Å²) in [5.74, 6) is 0. The fraction of sp³-hybridized carbons (Fsp3) is 0.438. The second-order valence-corrected chi connectivity index (χ2v) is 6.65. The predicted octanol–water partition coefficient (Wildman–Crippen LogP) is 4.84. The lowest BCUT2D eigenvalue weighted by Gasteiger charge is -2.22. The molecule has 1 aliphatic carbocycles. The van der Waals surface area contributed by atoms with E-state index in [0.717, 1.165) is 28.6 Å². The van der Waals surface area contributed by atoms with Crippen LogP contribution in [0.25, 0.3) is 10.6 Å². The summed E-state index contributed by atoms with van der Waals surface area (Å²) >= 11 is 8.10. The molecule has 1 aromatic carbocycles. The molecular weight excluding hydrogens is 288 g/mol. The van der Waals surface area contributed by atoms with Crippen molar-refractivity contribution in [2.45, 2.75) is 38.6 Å². The number of aromatic nitrogens is 1. The highest BCUT2D eigenvalue weighted by Gasteiger charge is 2.24. The average Bonchev–Trinajstić information content (AvgIpc) is 2.89. The first-order chi connectivity index (χ1) is 9.79. The first kappa shape index (κ1) is 14.1. The third-order valence-corrected chi connectivity index (χ3v) is 5.27. The number of nitrogens with zero attached hydrogens (tertiary/aromatic N) is 1. The average molecular weight is 307 g/mol. The number of thiazole rings is 1. The zero-order chi connectivity index (χ0) is 13.9. The summed E-state index contributed by atoms with van der Waals surface area (Å²) in [4.78, 5) is 6.25. The van der Waals surface area contributed by atoms with Crippen LogP contribution in [0.1, 0.15) is 42.8 Å². The number of aryl methyl sites for hydroxylation is 1. The highest BCUT2D eigenvalue weighted by molar-refractivity contribution is 7.15. The van der Waals surface area contributed by atoms with Crippen molar-refractivity contribution in [1.82, 2.24) is 10.3 Å². The smallest absolute Gasteiger partial charge is 0.125 e. The number of fused-ring (bicyclic) bond motifs is 1. The van der Waals surface area contributed by atoms with E-state index in [9.17, 15) is 0 Å². The van der Waals surface area contributed by atoms with E-state index in [0.29, 0.717) is 6.04 Å². The van der Waals surface area contributed by atoms with Gasteiger partial charge in [-0.2, -0.15) is 0 Å². The Balaban J connectivity index is 1.93. The number of benzene rings is 1. The molecule has 0 saturated heterocycles. The summed E-state index contributed by atoms with van der Waals surface area (Å²) < 4.78 is 0. The molecule has 0 bridgehead atoms. The Kier molecular flexibility index (Phi) is 4.39. The molecule has 1 aliphatic rings. The predicted molar refractivity (Wildman–Crippen MR) is 86.5 cm³/mol. The van der Waals surface area contributed by atoms with Gasteiger partial charge in [-0.15, -0.1) is 11.3 Å². The molecule has 0 aliphatic heterocycles. The molecule has 4 heteroatoms. The zero-order valence-electron chi connectivity index (χ0n) is 11.7. The van der Waals surface area contributed by atoms with E-state index in [1.807, 2.05) is 18.2 Å². The van der Waals surface area contributed by atoms with Crippen LogP contribution in [-0.2, 0) is 6.42 Å². The van der Waals surface area contributed by atoms with Gasteiger partial charge < -0.3 is 5.32 Å². The van der Waals surface area contributed by atoms with Gasteiger partial charge in [0.25, 0.3) is 0 Å². The van der Waals surface area contributed by atoms with Crippen molar-refractivity contribution >= 4 is 22.9 Å². The van der Waals surface area contributed by atoms with Crippen LogP contribution >= 0.6 is 22.9 Å². The summed E-state index contributed by atoms with van der Waals surface area (Å²) in [6.07, 6.45) is 4.71. The van der Waals surface area contributed by atoms with Crippen molar-refractivity contribution in [3.8, 4) is 10.6 Å². The summed E-state index contributed by atoms with van der Waals surface area (Å²) in [6.45, 7) is 3.28. The van der Waals surface area contributed by atoms with Crippen molar-refractivity contribution < 1.29 is 0 Å². The van der Waals surface area contributed by atoms with Gasteiger partial charge in [-0.25, -0.2) is 4.98 Å². The van der Waals surface area contributed by atoms with Crippen molar-refractivity contribution in [3.05, 3.63) is 39.9 Å². The van der Waals surface area contributed by atoms with Crippen molar-refractivity contribution in [3.63, 3.8) is 0 Å². The number of rotatable bonds is 4. The minimum Gasteiger partial charge on any atom is -0.309 e. The fourth-order valence-electron chi connectivity index (χ4n) is 2.68. The van der Waals surface area contributed by atoms with Crippen molar-refractivity contribution in [2.24, 2.45) is 0 Å². The van der Waals surface area contributed by atoms with Gasteiger partial charge in [0.2, 0.25) is 0 Å². The number of nitrogens with one attached hydrogen (secondary N) is 1. The van der Waals surface area contributed by atoms with E-state index in [2.05, 4.69) is 18.3 Å². The van der Waals surface area contributed by atoms with Gasteiger partial charge in [0.05, 0.1) is 10.7 Å². The maximum absolute atomic E-state index is 6.29. The number of hydrogen-bond donors (Lipinski definition) is 1. The molecule has 1 heterocycles. The standard InChI is InChI=1S/C16H19ClN2S/c1-2-10-18-13-8-5-9-14-15(13)20-16(19-14)11-6-3-4-7-12(11)17/h3-4,6-7,13,18H,2,5,8-10H2,1H3. The molecule has 1 aromatic heterocycles. The van der Waals surface area contributed by atoms with Crippen LogP contribution in [0.3, 0.4) is 0 Å². The Hall–Kier alpha value is -0.900. The molecule has 106 valence electrons. The molecule has 20 heavy (non-hydrogen) atoms. The van der Waals surface area contributed by atoms with Gasteiger partial charge >= 0.3 is 0 Å². The molecule has 3 rings (SSSR count). The van der Waals surface area contributed by atoms with Gasteiger partial charge in [0.15, 0.2) is 0 Å². The lowest BCUT2D eigenvalue weighted by atomic mass is 9.98. The van der Waals surface area contributed by atoms with E-state index in [-0.39, 0.29) is 0 Å². The normalized spacial score (nSPS) is 18.0. The molecule has 0 radical (unpaired) electrons. The van der Waals surface area contributed by atoms with Crippen LogP contribution in [0.2, 0.25) is 5.02 Å². The second-order valence-electron chi connectivity index (χ2n) is 5.21.